The van der Waals surface area contributed by atoms with Gasteiger partial charge in [-0.2, -0.15) is 0 Å². The molecule has 1 aliphatic carbocycles. The average molecular weight is 198 g/mol. The summed E-state index contributed by atoms with van der Waals surface area (Å²) in [7, 11) is 0. The van der Waals surface area contributed by atoms with Crippen LogP contribution in [0.3, 0.4) is 0 Å². The Kier molecular flexibility index (Phi) is 2.58. The van der Waals surface area contributed by atoms with Gasteiger partial charge in [0, 0.05) is 18.6 Å². The highest BCUT2D eigenvalue weighted by molar-refractivity contribution is 4.95. The monoisotopic (exact) mass is 198 g/mol. The Morgan fingerprint density at radius 1 is 1.57 bits per heavy atom. The third-order valence-corrected chi connectivity index (χ3v) is 3.45. The Balaban J connectivity index is 1.67. The lowest BCUT2D eigenvalue weighted by Gasteiger charge is -2.47. The number of aliphatic hydroxyl groups excluding tert-OH is 1. The van der Waals surface area contributed by atoms with Gasteiger partial charge >= 0.3 is 0 Å². The molecule has 1 heterocycles. The molecule has 82 valence electrons. The van der Waals surface area contributed by atoms with Crippen LogP contribution < -0.4 is 5.43 Å². The molecule has 0 radical (unpaired) electrons. The van der Waals surface area contributed by atoms with Crippen LogP contribution in [0.25, 0.3) is 0 Å². The molecule has 0 bridgehead atoms. The quantitative estimate of drug-likeness (QED) is 0.707. The molecule has 2 aliphatic rings. The summed E-state index contributed by atoms with van der Waals surface area (Å²) < 4.78 is 0. The van der Waals surface area contributed by atoms with E-state index in [9.17, 15) is 5.11 Å². The lowest BCUT2D eigenvalue weighted by Crippen LogP contribution is -2.69. The van der Waals surface area contributed by atoms with Crippen LogP contribution in [0.1, 0.15) is 33.6 Å². The van der Waals surface area contributed by atoms with Crippen molar-refractivity contribution in [3.05, 3.63) is 0 Å². The predicted molar refractivity (Wildman–Crippen MR) is 56.7 cm³/mol. The van der Waals surface area contributed by atoms with E-state index in [1.165, 1.54) is 12.8 Å². The van der Waals surface area contributed by atoms with Crippen LogP contribution in [0.2, 0.25) is 0 Å². The van der Waals surface area contributed by atoms with Crippen molar-refractivity contribution in [2.75, 3.05) is 13.1 Å². The van der Waals surface area contributed by atoms with Crippen molar-refractivity contribution in [2.45, 2.75) is 45.3 Å². The van der Waals surface area contributed by atoms with Gasteiger partial charge < -0.3 is 5.11 Å². The maximum absolute atomic E-state index is 9.91. The molecule has 3 heteroatoms. The number of β-amino-alcohol motifs (C(OH)–C–C–N with tert-alkyl or cyclic N) is 1. The highest BCUT2D eigenvalue weighted by atomic mass is 16.3. The van der Waals surface area contributed by atoms with Gasteiger partial charge in [0.15, 0.2) is 0 Å². The maximum Gasteiger partial charge on any atom is 0.0712 e. The summed E-state index contributed by atoms with van der Waals surface area (Å²) >= 11 is 0. The molecule has 0 aromatic carbocycles. The first-order valence-electron chi connectivity index (χ1n) is 5.72. The van der Waals surface area contributed by atoms with Crippen LogP contribution >= 0.6 is 0 Å². The summed E-state index contributed by atoms with van der Waals surface area (Å²) in [5.74, 6) is 1.37. The summed E-state index contributed by atoms with van der Waals surface area (Å²) in [4.78, 5) is 0. The number of hydrazine groups is 1. The van der Waals surface area contributed by atoms with Gasteiger partial charge in [0.05, 0.1) is 6.10 Å². The molecular formula is C11H22N2O. The van der Waals surface area contributed by atoms with Crippen molar-refractivity contribution < 1.29 is 5.11 Å². The minimum atomic E-state index is -0.122. The summed E-state index contributed by atoms with van der Waals surface area (Å²) in [5.41, 5.74) is 3.58. The number of nitrogens with zero attached hydrogens (tertiary/aromatic N) is 1. The zero-order valence-electron chi connectivity index (χ0n) is 9.45. The molecule has 3 unspecified atom stereocenters. The molecule has 0 amide bonds. The number of rotatable bonds is 4. The fraction of sp³-hybridized carbons (Fsp3) is 1.00. The molecule has 3 atom stereocenters. The van der Waals surface area contributed by atoms with E-state index in [1.807, 2.05) is 0 Å². The second-order valence-electron chi connectivity index (χ2n) is 5.51. The summed E-state index contributed by atoms with van der Waals surface area (Å²) in [5, 5.41) is 12.0. The van der Waals surface area contributed by atoms with Crippen molar-refractivity contribution in [1.82, 2.24) is 10.4 Å². The number of hydrogen-bond donors (Lipinski definition) is 2. The van der Waals surface area contributed by atoms with Crippen LogP contribution in [0.5, 0.6) is 0 Å². The molecule has 1 saturated heterocycles. The smallest absolute Gasteiger partial charge is 0.0712 e. The lowest BCUT2D eigenvalue weighted by molar-refractivity contribution is -0.0461. The Bertz CT molecular complexity index is 209. The van der Waals surface area contributed by atoms with E-state index in [0.29, 0.717) is 5.92 Å². The highest BCUT2D eigenvalue weighted by Crippen LogP contribution is 2.43. The van der Waals surface area contributed by atoms with Crippen LogP contribution in [-0.2, 0) is 0 Å². The third kappa shape index (κ3) is 2.10. The molecular weight excluding hydrogens is 176 g/mol. The van der Waals surface area contributed by atoms with Crippen molar-refractivity contribution in [1.29, 1.82) is 0 Å². The molecule has 0 aromatic heterocycles. The minimum absolute atomic E-state index is 0.122. The van der Waals surface area contributed by atoms with Gasteiger partial charge in [-0.15, -0.1) is 0 Å². The van der Waals surface area contributed by atoms with E-state index >= 15 is 0 Å². The Hall–Kier alpha value is -0.120. The van der Waals surface area contributed by atoms with Gasteiger partial charge in [-0.1, -0.05) is 13.3 Å². The van der Waals surface area contributed by atoms with Gasteiger partial charge in [0.1, 0.15) is 0 Å². The van der Waals surface area contributed by atoms with Crippen LogP contribution in [-0.4, -0.2) is 34.8 Å². The second-order valence-corrected chi connectivity index (χ2v) is 5.51. The zero-order chi connectivity index (χ0) is 10.3. The van der Waals surface area contributed by atoms with Gasteiger partial charge in [-0.3, -0.25) is 0 Å². The van der Waals surface area contributed by atoms with Gasteiger partial charge in [-0.25, -0.2) is 10.4 Å². The Morgan fingerprint density at radius 2 is 2.21 bits per heavy atom. The molecule has 2 rings (SSSR count). The Labute approximate surface area is 86.5 Å². The Morgan fingerprint density at radius 3 is 2.64 bits per heavy atom. The fourth-order valence-electron chi connectivity index (χ4n) is 2.57. The van der Waals surface area contributed by atoms with Crippen molar-refractivity contribution in [3.8, 4) is 0 Å². The average Bonchev–Trinajstić information content (AvgIpc) is 2.78. The van der Waals surface area contributed by atoms with Gasteiger partial charge in [0.2, 0.25) is 0 Å². The van der Waals surface area contributed by atoms with E-state index in [0.717, 1.165) is 19.0 Å². The van der Waals surface area contributed by atoms with E-state index in [2.05, 4.69) is 31.2 Å². The maximum atomic E-state index is 9.91. The van der Waals surface area contributed by atoms with Crippen molar-refractivity contribution in [3.63, 3.8) is 0 Å². The molecule has 1 saturated carbocycles. The van der Waals surface area contributed by atoms with Crippen LogP contribution in [0, 0.1) is 11.8 Å². The topological polar surface area (TPSA) is 35.5 Å². The second kappa shape index (κ2) is 3.47. The van der Waals surface area contributed by atoms with Crippen molar-refractivity contribution >= 4 is 0 Å². The molecule has 1 aliphatic heterocycles. The van der Waals surface area contributed by atoms with Crippen LogP contribution in [0.15, 0.2) is 0 Å². The molecule has 3 nitrogen and oxygen atoms in total. The fourth-order valence-corrected chi connectivity index (χ4v) is 2.57. The molecule has 2 N–H and O–H groups in total. The van der Waals surface area contributed by atoms with E-state index < -0.39 is 0 Å². The zero-order valence-corrected chi connectivity index (χ0v) is 9.45. The van der Waals surface area contributed by atoms with E-state index in [-0.39, 0.29) is 11.6 Å². The SMILES string of the molecule is CCC1CC1C(O)CN1CC(C)(C)N1. The minimum Gasteiger partial charge on any atom is -0.391 e. The molecule has 0 aromatic rings. The third-order valence-electron chi connectivity index (χ3n) is 3.45. The first-order valence-corrected chi connectivity index (χ1v) is 5.72. The standard InChI is InChI=1S/C11H22N2O/c1-4-8-5-9(8)10(14)6-13-7-11(2,3)12-13/h8-10,12,14H,4-7H2,1-3H3. The normalized spacial score (nSPS) is 37.7. The molecule has 14 heavy (non-hydrogen) atoms. The highest BCUT2D eigenvalue weighted by Gasteiger charge is 2.43. The van der Waals surface area contributed by atoms with Crippen molar-refractivity contribution in [2.24, 2.45) is 11.8 Å². The van der Waals surface area contributed by atoms with Gasteiger partial charge in [-0.05, 0) is 32.1 Å². The molecule has 0 spiro atoms. The summed E-state index contributed by atoms with van der Waals surface area (Å²) in [6, 6.07) is 0. The first-order chi connectivity index (χ1) is 6.52. The predicted octanol–water partition coefficient (Wildman–Crippen LogP) is 0.992. The summed E-state index contributed by atoms with van der Waals surface area (Å²) in [6.45, 7) is 8.42. The number of aliphatic hydroxyl groups is 1. The lowest BCUT2D eigenvalue weighted by atomic mass is 10.0. The number of nitrogens with one attached hydrogen (secondary N) is 1. The largest absolute Gasteiger partial charge is 0.391 e. The van der Waals surface area contributed by atoms with E-state index in [1.54, 1.807) is 0 Å². The van der Waals surface area contributed by atoms with Crippen LogP contribution in [0.4, 0.5) is 0 Å². The van der Waals surface area contributed by atoms with Gasteiger partial charge in [0.25, 0.3) is 0 Å². The summed E-state index contributed by atoms with van der Waals surface area (Å²) in [6.07, 6.45) is 2.33. The molecule has 2 fully saturated rings. The van der Waals surface area contributed by atoms with E-state index in [4.69, 9.17) is 0 Å². The number of hydrogen-bond acceptors (Lipinski definition) is 3. The first kappa shape index (κ1) is 10.4.